The van der Waals surface area contributed by atoms with Crippen molar-refractivity contribution < 1.29 is 14.3 Å². The Bertz CT molecular complexity index is 1220. The topological polar surface area (TPSA) is 101 Å². The molecule has 0 aliphatic carbocycles. The molecule has 0 aromatic heterocycles. The number of nitriles is 1. The molecule has 0 saturated carbocycles. The summed E-state index contributed by atoms with van der Waals surface area (Å²) in [5.74, 6) is 0.290. The summed E-state index contributed by atoms with van der Waals surface area (Å²) in [5, 5.41) is 10.1. The van der Waals surface area contributed by atoms with E-state index in [1.165, 1.54) is 11.8 Å². The predicted molar refractivity (Wildman–Crippen MR) is 127 cm³/mol. The second kappa shape index (κ2) is 9.10. The van der Waals surface area contributed by atoms with Crippen molar-refractivity contribution in [1.82, 2.24) is 4.90 Å². The van der Waals surface area contributed by atoms with Crippen LogP contribution in [0.4, 0.5) is 0 Å². The first-order chi connectivity index (χ1) is 15.5. The molecule has 2 aliphatic heterocycles. The number of aliphatic imine (C=N–C) groups is 1. The summed E-state index contributed by atoms with van der Waals surface area (Å²) < 4.78 is 11.9. The highest BCUT2D eigenvalue weighted by Gasteiger charge is 2.44. The Balaban J connectivity index is 2.06. The Morgan fingerprint density at radius 3 is 2.72 bits per heavy atom. The van der Waals surface area contributed by atoms with E-state index in [9.17, 15) is 10.1 Å². The van der Waals surface area contributed by atoms with Gasteiger partial charge in [-0.15, -0.1) is 0 Å². The van der Waals surface area contributed by atoms with Gasteiger partial charge < -0.3 is 15.2 Å². The van der Waals surface area contributed by atoms with E-state index in [0.29, 0.717) is 32.7 Å². The monoisotopic (exact) mass is 510 g/mol. The zero-order valence-electron chi connectivity index (χ0n) is 17.3. The Morgan fingerprint density at radius 2 is 2.06 bits per heavy atom. The van der Waals surface area contributed by atoms with Crippen LogP contribution in [0.3, 0.4) is 0 Å². The second-order valence-electron chi connectivity index (χ2n) is 6.83. The van der Waals surface area contributed by atoms with E-state index in [1.54, 1.807) is 18.9 Å². The molecule has 9 heteroatoms. The maximum Gasteiger partial charge on any atom is 0.338 e. The number of halogens is 1. The number of hydrogen-bond donors (Lipinski definition) is 1. The normalized spacial score (nSPS) is 17.6. The zero-order valence-corrected chi connectivity index (χ0v) is 19.7. The Hall–Kier alpha value is -3.22. The lowest BCUT2D eigenvalue weighted by molar-refractivity contribution is -0.139. The van der Waals surface area contributed by atoms with Crippen molar-refractivity contribution in [2.24, 2.45) is 10.7 Å². The summed E-state index contributed by atoms with van der Waals surface area (Å²) in [7, 11) is 1.56. The highest BCUT2D eigenvalue weighted by Crippen LogP contribution is 2.49. The lowest BCUT2D eigenvalue weighted by atomic mass is 9.91. The summed E-state index contributed by atoms with van der Waals surface area (Å²) in [6, 6.07) is 16.4. The number of benzene rings is 2. The van der Waals surface area contributed by atoms with Gasteiger partial charge >= 0.3 is 5.97 Å². The van der Waals surface area contributed by atoms with Crippen LogP contribution < -0.4 is 10.5 Å². The molecule has 32 heavy (non-hydrogen) atoms. The van der Waals surface area contributed by atoms with Crippen LogP contribution in [0.2, 0.25) is 0 Å². The number of carbonyl (C=O) groups excluding carboxylic acids is 1. The van der Waals surface area contributed by atoms with Gasteiger partial charge in [-0.25, -0.2) is 9.79 Å². The third-order valence-electron chi connectivity index (χ3n) is 5.02. The fraction of sp³-hybridized carbons (Fsp3) is 0.174. The molecule has 1 atom stereocenters. The highest BCUT2D eigenvalue weighted by molar-refractivity contribution is 9.10. The van der Waals surface area contributed by atoms with E-state index in [-0.39, 0.29) is 12.4 Å². The third-order valence-corrected chi connectivity index (χ3v) is 6.48. The van der Waals surface area contributed by atoms with E-state index in [2.05, 4.69) is 22.0 Å². The molecule has 0 fully saturated rings. The number of fused-ring (bicyclic) bond motifs is 1. The lowest BCUT2D eigenvalue weighted by Crippen LogP contribution is -2.39. The van der Waals surface area contributed by atoms with Crippen LogP contribution in [0.25, 0.3) is 5.70 Å². The van der Waals surface area contributed by atoms with Gasteiger partial charge in [-0.2, -0.15) is 5.26 Å². The molecular formula is C23H19BrN4O3S. The van der Waals surface area contributed by atoms with E-state index < -0.39 is 12.0 Å². The van der Waals surface area contributed by atoms with Crippen LogP contribution in [0, 0.1) is 11.3 Å². The SMILES string of the molecule is CCOC(=O)C1=C(c2ccccc2)N=C2SC(C#N)=C(N)N2[C@@H]1c1cc(Br)ccc1OC. The predicted octanol–water partition coefficient (Wildman–Crippen LogP) is 4.54. The highest BCUT2D eigenvalue weighted by atomic mass is 79.9. The number of hydrogen-bond acceptors (Lipinski definition) is 8. The number of allylic oxidation sites excluding steroid dienone is 1. The second-order valence-corrected chi connectivity index (χ2v) is 8.72. The maximum absolute atomic E-state index is 13.3. The lowest BCUT2D eigenvalue weighted by Gasteiger charge is -2.36. The molecule has 0 unspecified atom stereocenters. The first kappa shape index (κ1) is 22.0. The molecule has 162 valence electrons. The van der Waals surface area contributed by atoms with Gasteiger partial charge in [-0.3, -0.25) is 4.90 Å². The van der Waals surface area contributed by atoms with Crippen LogP contribution in [-0.2, 0) is 9.53 Å². The van der Waals surface area contributed by atoms with Crippen molar-refractivity contribution in [2.45, 2.75) is 13.0 Å². The minimum Gasteiger partial charge on any atom is -0.496 e. The van der Waals surface area contributed by atoms with E-state index in [1.807, 2.05) is 48.5 Å². The summed E-state index contributed by atoms with van der Waals surface area (Å²) >= 11 is 4.69. The molecular weight excluding hydrogens is 492 g/mol. The van der Waals surface area contributed by atoms with E-state index in [0.717, 1.165) is 10.0 Å². The maximum atomic E-state index is 13.3. The van der Waals surface area contributed by atoms with Crippen LogP contribution in [0.1, 0.15) is 24.1 Å². The summed E-state index contributed by atoms with van der Waals surface area (Å²) in [6.45, 7) is 1.95. The molecule has 2 N–H and O–H groups in total. The number of carbonyl (C=O) groups is 1. The minimum absolute atomic E-state index is 0.201. The smallest absolute Gasteiger partial charge is 0.338 e. The van der Waals surface area contributed by atoms with Gasteiger partial charge in [0, 0.05) is 15.6 Å². The van der Waals surface area contributed by atoms with Crippen LogP contribution in [0.5, 0.6) is 5.75 Å². The van der Waals surface area contributed by atoms with Crippen molar-refractivity contribution in [3.05, 3.63) is 80.4 Å². The quantitative estimate of drug-likeness (QED) is 0.588. The summed E-state index contributed by atoms with van der Waals surface area (Å²) in [5.41, 5.74) is 8.61. The number of esters is 1. The molecule has 0 amide bonds. The van der Waals surface area contributed by atoms with Crippen LogP contribution in [0.15, 0.2) is 74.3 Å². The van der Waals surface area contributed by atoms with Crippen LogP contribution >= 0.6 is 27.7 Å². The first-order valence-electron chi connectivity index (χ1n) is 9.75. The van der Waals surface area contributed by atoms with Gasteiger partial charge in [-0.05, 0) is 36.9 Å². The molecule has 2 aliphatic rings. The molecule has 0 spiro atoms. The molecule has 7 nitrogen and oxygen atoms in total. The fourth-order valence-electron chi connectivity index (χ4n) is 3.67. The van der Waals surface area contributed by atoms with Crippen molar-refractivity contribution in [3.8, 4) is 11.8 Å². The van der Waals surface area contributed by atoms with Gasteiger partial charge in [-0.1, -0.05) is 46.3 Å². The molecule has 0 bridgehead atoms. The number of rotatable bonds is 5. The number of nitrogens with two attached hydrogens (primary N) is 1. The van der Waals surface area contributed by atoms with Crippen molar-refractivity contribution in [2.75, 3.05) is 13.7 Å². The molecule has 4 rings (SSSR count). The van der Waals surface area contributed by atoms with Crippen molar-refractivity contribution in [3.63, 3.8) is 0 Å². The van der Waals surface area contributed by atoms with Crippen molar-refractivity contribution in [1.29, 1.82) is 5.26 Å². The van der Waals surface area contributed by atoms with E-state index >= 15 is 0 Å². The van der Waals surface area contributed by atoms with Gasteiger partial charge in [0.25, 0.3) is 0 Å². The molecule has 2 aromatic rings. The Labute approximate surface area is 198 Å². The van der Waals surface area contributed by atoms with E-state index in [4.69, 9.17) is 20.2 Å². The standard InChI is InChI=1S/C23H19BrN4O3S/c1-3-31-22(29)18-19(13-7-5-4-6-8-13)27-23-28(21(26)17(12-25)32-23)20(18)15-11-14(24)9-10-16(15)30-2/h4-11,20H,3,26H2,1-2H3/t20-/m1/s1. The van der Waals surface area contributed by atoms with Gasteiger partial charge in [0.15, 0.2) is 5.17 Å². The largest absolute Gasteiger partial charge is 0.496 e. The van der Waals surface area contributed by atoms with Gasteiger partial charge in [0.05, 0.1) is 25.0 Å². The molecule has 2 aromatic carbocycles. The number of nitrogens with zero attached hydrogens (tertiary/aromatic N) is 3. The molecule has 0 radical (unpaired) electrons. The first-order valence-corrected chi connectivity index (χ1v) is 11.4. The Kier molecular flexibility index (Phi) is 6.26. The van der Waals surface area contributed by atoms with Crippen LogP contribution in [-0.4, -0.2) is 29.8 Å². The molecule has 2 heterocycles. The summed E-state index contributed by atoms with van der Waals surface area (Å²) in [6.07, 6.45) is 0. The number of amidine groups is 1. The summed E-state index contributed by atoms with van der Waals surface area (Å²) in [4.78, 5) is 20.1. The minimum atomic E-state index is -0.706. The van der Waals surface area contributed by atoms with Gasteiger partial charge in [0.2, 0.25) is 0 Å². The average molecular weight is 511 g/mol. The van der Waals surface area contributed by atoms with Crippen molar-refractivity contribution >= 4 is 44.5 Å². The third kappa shape index (κ3) is 3.76. The Morgan fingerprint density at radius 1 is 1.31 bits per heavy atom. The number of ether oxygens (including phenoxy) is 2. The number of thioether (sulfide) groups is 1. The fourth-order valence-corrected chi connectivity index (χ4v) is 4.92. The average Bonchev–Trinajstić information content (AvgIpc) is 3.13. The zero-order chi connectivity index (χ0) is 22.8. The molecule has 0 saturated heterocycles. The number of methoxy groups -OCH3 is 1. The van der Waals surface area contributed by atoms with Gasteiger partial charge in [0.1, 0.15) is 28.6 Å².